The van der Waals surface area contributed by atoms with Crippen molar-refractivity contribution in [2.45, 2.75) is 44.2 Å². The maximum atomic E-state index is 12.7. The summed E-state index contributed by atoms with van der Waals surface area (Å²) in [5, 5.41) is 0. The molecule has 1 saturated heterocycles. The van der Waals surface area contributed by atoms with Gasteiger partial charge in [-0.3, -0.25) is 9.59 Å². The molecule has 1 N–H and O–H groups in total. The normalized spacial score (nSPS) is 22.2. The molecule has 0 spiro atoms. The number of aromatic nitrogens is 1. The summed E-state index contributed by atoms with van der Waals surface area (Å²) < 4.78 is 28.6. The topological polar surface area (TPSA) is 114 Å². The number of nitrogens with one attached hydrogen (secondary N) is 1. The van der Waals surface area contributed by atoms with Crippen molar-refractivity contribution >= 4 is 21.7 Å². The van der Waals surface area contributed by atoms with Gasteiger partial charge in [0.1, 0.15) is 5.56 Å². The zero-order chi connectivity index (χ0) is 18.7. The van der Waals surface area contributed by atoms with Crippen LogP contribution >= 0.6 is 0 Å². The molecule has 1 atom stereocenters. The summed E-state index contributed by atoms with van der Waals surface area (Å²) >= 11 is 0. The van der Waals surface area contributed by atoms with Gasteiger partial charge in [-0.2, -0.15) is 0 Å². The molecule has 1 aromatic heterocycles. The van der Waals surface area contributed by atoms with Crippen LogP contribution in [-0.2, 0) is 19.4 Å². The maximum absolute atomic E-state index is 12.7. The fourth-order valence-corrected chi connectivity index (χ4v) is 5.46. The highest BCUT2D eigenvalue weighted by Gasteiger charge is 2.39. The van der Waals surface area contributed by atoms with Gasteiger partial charge in [-0.15, -0.1) is 0 Å². The van der Waals surface area contributed by atoms with Crippen molar-refractivity contribution in [3.8, 4) is 0 Å². The third-order valence-electron chi connectivity index (χ3n) is 4.97. The number of carbonyl (C=O) groups is 2. The summed E-state index contributed by atoms with van der Waals surface area (Å²) in [6, 6.07) is 2.44. The van der Waals surface area contributed by atoms with Crippen molar-refractivity contribution in [1.82, 2.24) is 9.88 Å². The quantitative estimate of drug-likeness (QED) is 0.742. The number of H-pyrrole nitrogens is 1. The number of nitrogens with zero attached hydrogens (tertiary/aromatic N) is 1. The van der Waals surface area contributed by atoms with E-state index < -0.39 is 33.9 Å². The van der Waals surface area contributed by atoms with Gasteiger partial charge in [-0.1, -0.05) is 12.8 Å². The highest BCUT2D eigenvalue weighted by Crippen LogP contribution is 2.29. The van der Waals surface area contributed by atoms with E-state index in [1.807, 2.05) is 0 Å². The van der Waals surface area contributed by atoms with E-state index in [4.69, 9.17) is 4.74 Å². The number of esters is 1. The van der Waals surface area contributed by atoms with Gasteiger partial charge in [0.15, 0.2) is 16.4 Å². The molecular formula is C17H22N2O6S. The predicted octanol–water partition coefficient (Wildman–Crippen LogP) is 0.490. The smallest absolute Gasteiger partial charge is 0.344 e. The van der Waals surface area contributed by atoms with Crippen molar-refractivity contribution in [2.24, 2.45) is 0 Å². The fraction of sp³-hybridized carbons (Fsp3) is 0.588. The van der Waals surface area contributed by atoms with Gasteiger partial charge >= 0.3 is 5.97 Å². The van der Waals surface area contributed by atoms with E-state index in [2.05, 4.69) is 4.98 Å². The molecule has 0 aromatic carbocycles. The van der Waals surface area contributed by atoms with Gasteiger partial charge in [-0.25, -0.2) is 13.2 Å². The van der Waals surface area contributed by atoms with Crippen molar-refractivity contribution in [3.63, 3.8) is 0 Å². The molecule has 1 aliphatic heterocycles. The van der Waals surface area contributed by atoms with Crippen molar-refractivity contribution in [1.29, 1.82) is 0 Å². The lowest BCUT2D eigenvalue weighted by Gasteiger charge is -2.33. The third kappa shape index (κ3) is 4.14. The highest BCUT2D eigenvalue weighted by molar-refractivity contribution is 7.91. The standard InChI is InChI=1S/C17H22N2O6S/c20-15(10-25-17(22)14-6-3-8-18-16(14)21)19(12-4-1-2-5-12)13-7-9-26(23,24)11-13/h3,6,8,12-13H,1-2,4-5,7,9-11H2,(H,18,21)/t13-/m1/s1. The lowest BCUT2D eigenvalue weighted by molar-refractivity contribution is -0.139. The molecule has 142 valence electrons. The van der Waals surface area contributed by atoms with Crippen molar-refractivity contribution in [3.05, 3.63) is 34.2 Å². The molecule has 1 saturated carbocycles. The van der Waals surface area contributed by atoms with Gasteiger partial charge in [-0.05, 0) is 31.4 Å². The molecule has 2 heterocycles. The largest absolute Gasteiger partial charge is 0.452 e. The molecule has 8 nitrogen and oxygen atoms in total. The first-order chi connectivity index (χ1) is 12.4. The predicted molar refractivity (Wildman–Crippen MR) is 93.5 cm³/mol. The second-order valence-corrected chi connectivity index (χ2v) is 9.01. The molecule has 2 aliphatic rings. The molecule has 26 heavy (non-hydrogen) atoms. The summed E-state index contributed by atoms with van der Waals surface area (Å²) in [6.45, 7) is -0.500. The number of carbonyl (C=O) groups excluding carboxylic acids is 2. The average Bonchev–Trinajstić information content (AvgIpc) is 3.23. The molecule has 1 aromatic rings. The van der Waals surface area contributed by atoms with Crippen LogP contribution in [0.5, 0.6) is 0 Å². The van der Waals surface area contributed by atoms with Crippen molar-refractivity contribution in [2.75, 3.05) is 18.1 Å². The third-order valence-corrected chi connectivity index (χ3v) is 6.72. The minimum atomic E-state index is -3.13. The maximum Gasteiger partial charge on any atom is 0.344 e. The fourth-order valence-electron chi connectivity index (χ4n) is 3.74. The first kappa shape index (κ1) is 18.6. The van der Waals surface area contributed by atoms with Crippen LogP contribution in [0.4, 0.5) is 0 Å². The Hall–Kier alpha value is -2.16. The Kier molecular flexibility index (Phi) is 5.45. The lowest BCUT2D eigenvalue weighted by Crippen LogP contribution is -2.48. The Morgan fingerprint density at radius 3 is 2.54 bits per heavy atom. The summed E-state index contributed by atoms with van der Waals surface area (Å²) in [6.07, 6.45) is 5.45. The van der Waals surface area contributed by atoms with Crippen LogP contribution in [-0.4, -0.2) is 60.4 Å². The van der Waals surface area contributed by atoms with E-state index in [1.165, 1.54) is 18.3 Å². The van der Waals surface area contributed by atoms with Crippen LogP contribution in [0.15, 0.2) is 23.1 Å². The second kappa shape index (κ2) is 7.61. The number of rotatable bonds is 5. The average molecular weight is 382 g/mol. The first-order valence-corrected chi connectivity index (χ1v) is 10.6. The van der Waals surface area contributed by atoms with Gasteiger partial charge in [0.05, 0.1) is 11.5 Å². The Morgan fingerprint density at radius 2 is 1.92 bits per heavy atom. The summed E-state index contributed by atoms with van der Waals surface area (Å²) in [5.41, 5.74) is -0.754. The molecule has 0 radical (unpaired) electrons. The highest BCUT2D eigenvalue weighted by atomic mass is 32.2. The van der Waals surface area contributed by atoms with Crippen LogP contribution in [0, 0.1) is 0 Å². The minimum absolute atomic E-state index is 0.0142. The van der Waals surface area contributed by atoms with Gasteiger partial charge in [0.25, 0.3) is 11.5 Å². The van der Waals surface area contributed by atoms with E-state index in [-0.39, 0.29) is 29.2 Å². The Bertz CT molecular complexity index is 841. The number of pyridine rings is 1. The molecule has 0 bridgehead atoms. The van der Waals surface area contributed by atoms with Crippen molar-refractivity contribution < 1.29 is 22.7 Å². The minimum Gasteiger partial charge on any atom is -0.452 e. The number of hydrogen-bond donors (Lipinski definition) is 1. The Labute approximate surface area is 151 Å². The molecule has 0 unspecified atom stereocenters. The van der Waals surface area contributed by atoms with E-state index in [0.717, 1.165) is 25.7 Å². The Morgan fingerprint density at radius 1 is 1.19 bits per heavy atom. The summed E-state index contributed by atoms with van der Waals surface area (Å²) in [7, 11) is -3.13. The zero-order valence-electron chi connectivity index (χ0n) is 14.3. The molecule has 1 amide bonds. The monoisotopic (exact) mass is 382 g/mol. The second-order valence-electron chi connectivity index (χ2n) is 6.79. The van der Waals surface area contributed by atoms with Crippen LogP contribution < -0.4 is 5.56 Å². The van der Waals surface area contributed by atoms with Crippen LogP contribution in [0.3, 0.4) is 0 Å². The summed E-state index contributed by atoms with van der Waals surface area (Å²) in [4.78, 5) is 40.3. The van der Waals surface area contributed by atoms with Gasteiger partial charge in [0, 0.05) is 18.3 Å². The number of aromatic amines is 1. The molecule has 2 fully saturated rings. The van der Waals surface area contributed by atoms with E-state index in [1.54, 1.807) is 4.90 Å². The van der Waals surface area contributed by atoms with E-state index in [9.17, 15) is 22.8 Å². The van der Waals surface area contributed by atoms with E-state index >= 15 is 0 Å². The van der Waals surface area contributed by atoms with Gasteiger partial charge in [0.2, 0.25) is 0 Å². The molecule has 1 aliphatic carbocycles. The zero-order valence-corrected chi connectivity index (χ0v) is 15.2. The lowest BCUT2D eigenvalue weighted by atomic mass is 10.1. The summed E-state index contributed by atoms with van der Waals surface area (Å²) in [5.74, 6) is -1.24. The SMILES string of the molecule is O=C(OCC(=O)N(C1CCCC1)[C@@H]1CCS(=O)(=O)C1)c1ccc[nH]c1=O. The number of sulfone groups is 1. The number of hydrogen-bond acceptors (Lipinski definition) is 6. The number of amides is 1. The molecule has 3 rings (SSSR count). The van der Waals surface area contributed by atoms with Crippen LogP contribution in [0.1, 0.15) is 42.5 Å². The Balaban J connectivity index is 1.69. The van der Waals surface area contributed by atoms with E-state index in [0.29, 0.717) is 6.42 Å². The van der Waals surface area contributed by atoms with Gasteiger partial charge < -0.3 is 14.6 Å². The first-order valence-electron chi connectivity index (χ1n) is 8.74. The molecule has 9 heteroatoms. The van der Waals surface area contributed by atoms with Crippen LogP contribution in [0.2, 0.25) is 0 Å². The molecular weight excluding hydrogens is 360 g/mol. The van der Waals surface area contributed by atoms with Crippen LogP contribution in [0.25, 0.3) is 0 Å². The number of ether oxygens (including phenoxy) is 1.